The number of benzene rings is 3. The summed E-state index contributed by atoms with van der Waals surface area (Å²) in [4.78, 5) is 12.9. The van der Waals surface area contributed by atoms with Crippen molar-refractivity contribution >= 4 is 37.5 Å². The Kier molecular flexibility index (Phi) is 5.29. The van der Waals surface area contributed by atoms with Crippen LogP contribution < -0.4 is 5.32 Å². The maximum absolute atomic E-state index is 13.7. The van der Waals surface area contributed by atoms with Crippen LogP contribution in [0.1, 0.15) is 22.7 Å². The van der Waals surface area contributed by atoms with Crippen LogP contribution in [0.2, 0.25) is 0 Å². The largest absolute Gasteiger partial charge is 0.325 e. The Morgan fingerprint density at radius 2 is 1.69 bits per heavy atom. The summed E-state index contributed by atoms with van der Waals surface area (Å²) < 4.78 is 29.5. The number of anilines is 1. The Balaban J connectivity index is 1.98. The van der Waals surface area contributed by atoms with Crippen molar-refractivity contribution in [3.05, 3.63) is 94.0 Å². The zero-order valence-electron chi connectivity index (χ0n) is 15.7. The number of carbonyl (C=O) groups excluding carboxylic acids is 1. The van der Waals surface area contributed by atoms with E-state index >= 15 is 0 Å². The highest BCUT2D eigenvalue weighted by Gasteiger charge is 2.39. The molecule has 3 aromatic carbocycles. The molecule has 1 aliphatic rings. The Hall–Kier alpha value is -2.48. The zero-order valence-corrected chi connectivity index (χ0v) is 18.1. The molecule has 4 rings (SSSR count). The Morgan fingerprint density at radius 3 is 2.41 bits per heavy atom. The third kappa shape index (κ3) is 3.73. The quantitative estimate of drug-likeness (QED) is 0.612. The van der Waals surface area contributed by atoms with Crippen molar-refractivity contribution in [3.8, 4) is 0 Å². The molecule has 0 saturated heterocycles. The van der Waals surface area contributed by atoms with Gasteiger partial charge in [0.1, 0.15) is 0 Å². The van der Waals surface area contributed by atoms with Crippen LogP contribution in [-0.4, -0.2) is 25.2 Å². The molecule has 0 radical (unpaired) electrons. The SMILES string of the molecule is Cc1ccccc1S(=O)(=O)N1CC(=O)Nc2ccc(Br)cc2C1c1ccccc1. The van der Waals surface area contributed by atoms with Gasteiger partial charge in [0.25, 0.3) is 0 Å². The van der Waals surface area contributed by atoms with E-state index in [-0.39, 0.29) is 17.3 Å². The van der Waals surface area contributed by atoms with Gasteiger partial charge in [0.15, 0.2) is 0 Å². The number of hydrogen-bond donors (Lipinski definition) is 1. The Morgan fingerprint density at radius 1 is 1.00 bits per heavy atom. The summed E-state index contributed by atoms with van der Waals surface area (Å²) in [5.41, 5.74) is 2.75. The summed E-state index contributed by atoms with van der Waals surface area (Å²) in [6.45, 7) is 1.48. The van der Waals surface area contributed by atoms with E-state index in [9.17, 15) is 13.2 Å². The number of hydrogen-bond acceptors (Lipinski definition) is 3. The average Bonchev–Trinajstić information content (AvgIpc) is 2.85. The molecule has 1 unspecified atom stereocenters. The van der Waals surface area contributed by atoms with Crippen molar-refractivity contribution in [2.45, 2.75) is 17.9 Å². The average molecular weight is 471 g/mol. The van der Waals surface area contributed by atoms with Gasteiger partial charge < -0.3 is 5.32 Å². The van der Waals surface area contributed by atoms with Gasteiger partial charge in [-0.25, -0.2) is 8.42 Å². The van der Waals surface area contributed by atoms with Gasteiger partial charge in [0.05, 0.1) is 17.5 Å². The highest BCUT2D eigenvalue weighted by molar-refractivity contribution is 9.10. The number of aryl methyl sites for hydroxylation is 1. The summed E-state index contributed by atoms with van der Waals surface area (Å²) >= 11 is 3.48. The second-order valence-electron chi connectivity index (χ2n) is 6.91. The minimum atomic E-state index is -3.94. The summed E-state index contributed by atoms with van der Waals surface area (Å²) in [7, 11) is -3.94. The molecule has 7 heteroatoms. The molecule has 0 aromatic heterocycles. The first-order valence-electron chi connectivity index (χ1n) is 9.09. The van der Waals surface area contributed by atoms with E-state index in [1.54, 1.807) is 37.3 Å². The van der Waals surface area contributed by atoms with Gasteiger partial charge in [-0.2, -0.15) is 4.31 Å². The maximum atomic E-state index is 13.7. The molecular formula is C22H19BrN2O3S. The van der Waals surface area contributed by atoms with E-state index in [0.29, 0.717) is 16.8 Å². The number of rotatable bonds is 3. The summed E-state index contributed by atoms with van der Waals surface area (Å²) in [6.07, 6.45) is 0. The van der Waals surface area contributed by atoms with E-state index in [1.807, 2.05) is 42.5 Å². The standard InChI is InChI=1S/C22H19BrN2O3S/c1-15-7-5-6-10-20(15)29(27,28)25-14-21(26)24-19-12-11-17(23)13-18(19)22(25)16-8-3-2-4-9-16/h2-13,22H,14H2,1H3,(H,24,26). The van der Waals surface area contributed by atoms with Gasteiger partial charge in [-0.15, -0.1) is 0 Å². The monoisotopic (exact) mass is 470 g/mol. The van der Waals surface area contributed by atoms with Crippen LogP contribution in [-0.2, 0) is 14.8 Å². The molecule has 1 amide bonds. The first-order chi connectivity index (χ1) is 13.9. The number of fused-ring (bicyclic) bond motifs is 1. The molecular weight excluding hydrogens is 452 g/mol. The van der Waals surface area contributed by atoms with Crippen molar-refractivity contribution in [2.75, 3.05) is 11.9 Å². The van der Waals surface area contributed by atoms with Crippen LogP contribution in [0.15, 0.2) is 82.2 Å². The molecule has 0 saturated carbocycles. The lowest BCUT2D eigenvalue weighted by molar-refractivity contribution is -0.116. The van der Waals surface area contributed by atoms with Crippen molar-refractivity contribution < 1.29 is 13.2 Å². The van der Waals surface area contributed by atoms with E-state index in [1.165, 1.54) is 4.31 Å². The fraction of sp³-hybridized carbons (Fsp3) is 0.136. The highest BCUT2D eigenvalue weighted by atomic mass is 79.9. The Labute approximate surface area is 178 Å². The topological polar surface area (TPSA) is 66.5 Å². The Bertz CT molecular complexity index is 1180. The molecule has 1 atom stereocenters. The molecule has 0 spiro atoms. The molecule has 148 valence electrons. The van der Waals surface area contributed by atoms with Crippen LogP contribution in [0, 0.1) is 6.92 Å². The van der Waals surface area contributed by atoms with E-state index < -0.39 is 16.1 Å². The van der Waals surface area contributed by atoms with Gasteiger partial charge in [-0.3, -0.25) is 4.79 Å². The van der Waals surface area contributed by atoms with E-state index in [2.05, 4.69) is 21.2 Å². The molecule has 1 N–H and O–H groups in total. The van der Waals surface area contributed by atoms with E-state index in [4.69, 9.17) is 0 Å². The van der Waals surface area contributed by atoms with Crippen molar-refractivity contribution in [1.82, 2.24) is 4.31 Å². The molecule has 1 heterocycles. The molecule has 29 heavy (non-hydrogen) atoms. The lowest BCUT2D eigenvalue weighted by atomic mass is 9.97. The maximum Gasteiger partial charge on any atom is 0.244 e. The molecule has 0 aliphatic carbocycles. The van der Waals surface area contributed by atoms with Gasteiger partial charge in [-0.1, -0.05) is 64.5 Å². The molecule has 1 aliphatic heterocycles. The second kappa shape index (κ2) is 7.74. The second-order valence-corrected chi connectivity index (χ2v) is 9.68. The predicted octanol–water partition coefficient (Wildman–Crippen LogP) is 4.49. The molecule has 0 fully saturated rings. The third-order valence-electron chi connectivity index (χ3n) is 4.97. The first kappa shape index (κ1) is 19.8. The normalized spacial score (nSPS) is 17.3. The van der Waals surface area contributed by atoms with Crippen LogP contribution >= 0.6 is 15.9 Å². The van der Waals surface area contributed by atoms with Crippen molar-refractivity contribution in [3.63, 3.8) is 0 Å². The van der Waals surface area contributed by atoms with Gasteiger partial charge >= 0.3 is 0 Å². The van der Waals surface area contributed by atoms with Crippen LogP contribution in [0.5, 0.6) is 0 Å². The minimum Gasteiger partial charge on any atom is -0.325 e. The number of amides is 1. The number of halogens is 1. The van der Waals surface area contributed by atoms with Crippen LogP contribution in [0.3, 0.4) is 0 Å². The lowest BCUT2D eigenvalue weighted by Crippen LogP contribution is -2.39. The fourth-order valence-corrected chi connectivity index (χ4v) is 5.79. The van der Waals surface area contributed by atoms with Crippen molar-refractivity contribution in [1.29, 1.82) is 0 Å². The van der Waals surface area contributed by atoms with Crippen molar-refractivity contribution in [2.24, 2.45) is 0 Å². The predicted molar refractivity (Wildman–Crippen MR) is 116 cm³/mol. The van der Waals surface area contributed by atoms with Gasteiger partial charge in [0.2, 0.25) is 15.9 Å². The molecule has 0 bridgehead atoms. The fourth-order valence-electron chi connectivity index (χ4n) is 3.63. The van der Waals surface area contributed by atoms with Crippen LogP contribution in [0.25, 0.3) is 0 Å². The number of carbonyl (C=O) groups is 1. The first-order valence-corrected chi connectivity index (χ1v) is 11.3. The molecule has 3 aromatic rings. The smallest absolute Gasteiger partial charge is 0.244 e. The lowest BCUT2D eigenvalue weighted by Gasteiger charge is -2.30. The minimum absolute atomic E-state index is 0.201. The number of nitrogens with one attached hydrogen (secondary N) is 1. The summed E-state index contributed by atoms with van der Waals surface area (Å²) in [6, 6.07) is 21.0. The summed E-state index contributed by atoms with van der Waals surface area (Å²) in [5.74, 6) is -0.371. The van der Waals surface area contributed by atoms with Gasteiger partial charge in [0, 0.05) is 10.2 Å². The number of sulfonamides is 1. The summed E-state index contributed by atoms with van der Waals surface area (Å²) in [5, 5.41) is 2.85. The van der Waals surface area contributed by atoms with E-state index in [0.717, 1.165) is 10.0 Å². The number of nitrogens with zero attached hydrogens (tertiary/aromatic N) is 1. The third-order valence-corrected chi connectivity index (χ3v) is 7.43. The molecule has 5 nitrogen and oxygen atoms in total. The van der Waals surface area contributed by atoms with Crippen LogP contribution in [0.4, 0.5) is 5.69 Å². The zero-order chi connectivity index (χ0) is 20.6. The van der Waals surface area contributed by atoms with Gasteiger partial charge in [-0.05, 0) is 47.9 Å². The highest BCUT2D eigenvalue weighted by Crippen LogP contribution is 2.40.